The Morgan fingerprint density at radius 3 is 0.745 bits per heavy atom. The van der Waals surface area contributed by atoms with Gasteiger partial charge in [-0.3, -0.25) is 37.3 Å². The summed E-state index contributed by atoms with van der Waals surface area (Å²) in [4.78, 5) is 72.9. The summed E-state index contributed by atoms with van der Waals surface area (Å²) < 4.78 is 68.6. The standard InChI is InChI=1S/C79H150O17P2/c1-5-9-13-17-21-25-29-32-35-37-40-43-46-50-54-58-62-66-79(84)96-75(70-90-77(82)64-60-56-52-48-44-41-39-36-33-30-26-22-18-14-10-6-2)72-94-98(87,88)92-68-73(80)67-91-97(85,86)93-71-74(69-89-76(81)63-59-55-51-47-28-24-20-16-12-8-4)95-78(83)65-61-57-53-49-45-42-38-34-31-27-23-19-15-11-7-3/h27,31,34,38,73-75,80H,5-26,28-30,32-33,35-37,39-72H2,1-4H3,(H,85,86)(H,87,88)/b31-27-,38-34-/t73-,74+,75+/m0/s1. The predicted molar refractivity (Wildman–Crippen MR) is 400 cm³/mol. The van der Waals surface area contributed by atoms with Crippen molar-refractivity contribution in [2.24, 2.45) is 0 Å². The van der Waals surface area contributed by atoms with Crippen LogP contribution in [0.5, 0.6) is 0 Å². The molecule has 5 atom stereocenters. The van der Waals surface area contributed by atoms with Crippen molar-refractivity contribution in [3.05, 3.63) is 24.3 Å². The fraction of sp³-hybridized carbons (Fsp3) is 0.899. The van der Waals surface area contributed by atoms with Gasteiger partial charge in [-0.15, -0.1) is 0 Å². The number of phosphoric acid groups is 2. The molecular formula is C79H150O17P2. The molecule has 0 aliphatic rings. The maximum absolute atomic E-state index is 13.1. The van der Waals surface area contributed by atoms with Crippen LogP contribution in [0.3, 0.4) is 0 Å². The molecule has 0 bridgehead atoms. The van der Waals surface area contributed by atoms with E-state index in [1.807, 2.05) is 0 Å². The number of hydrogen-bond donors (Lipinski definition) is 3. The van der Waals surface area contributed by atoms with Gasteiger partial charge in [-0.2, -0.15) is 0 Å². The van der Waals surface area contributed by atoms with E-state index in [0.29, 0.717) is 25.7 Å². The van der Waals surface area contributed by atoms with Gasteiger partial charge in [0.15, 0.2) is 12.2 Å². The van der Waals surface area contributed by atoms with Gasteiger partial charge in [-0.05, 0) is 51.4 Å². The lowest BCUT2D eigenvalue weighted by atomic mass is 10.0. The third-order valence-corrected chi connectivity index (χ3v) is 19.9. The van der Waals surface area contributed by atoms with E-state index >= 15 is 0 Å². The molecule has 0 rings (SSSR count). The molecule has 0 saturated carbocycles. The van der Waals surface area contributed by atoms with E-state index in [1.54, 1.807) is 0 Å². The number of carbonyl (C=O) groups is 4. The van der Waals surface area contributed by atoms with Crippen LogP contribution in [0, 0.1) is 0 Å². The molecule has 578 valence electrons. The molecule has 0 heterocycles. The van der Waals surface area contributed by atoms with Crippen LogP contribution in [-0.2, 0) is 65.4 Å². The van der Waals surface area contributed by atoms with Gasteiger partial charge < -0.3 is 33.8 Å². The summed E-state index contributed by atoms with van der Waals surface area (Å²) in [6, 6.07) is 0. The lowest BCUT2D eigenvalue weighted by Crippen LogP contribution is -2.30. The summed E-state index contributed by atoms with van der Waals surface area (Å²) in [7, 11) is -9.93. The van der Waals surface area contributed by atoms with Crippen LogP contribution >= 0.6 is 15.6 Å². The van der Waals surface area contributed by atoms with Gasteiger partial charge in [0.25, 0.3) is 0 Å². The maximum Gasteiger partial charge on any atom is 0.472 e. The largest absolute Gasteiger partial charge is 0.472 e. The number of esters is 4. The predicted octanol–water partition coefficient (Wildman–Crippen LogP) is 23.3. The summed E-state index contributed by atoms with van der Waals surface area (Å²) in [6.07, 6.45) is 67.3. The Hall–Kier alpha value is -2.46. The molecule has 0 aliphatic carbocycles. The van der Waals surface area contributed by atoms with Crippen molar-refractivity contribution in [1.29, 1.82) is 0 Å². The van der Waals surface area contributed by atoms with E-state index in [0.717, 1.165) is 103 Å². The monoisotopic (exact) mass is 1430 g/mol. The molecule has 2 unspecified atom stereocenters. The van der Waals surface area contributed by atoms with Gasteiger partial charge in [-0.1, -0.05) is 347 Å². The molecule has 0 aliphatic heterocycles. The van der Waals surface area contributed by atoms with Crippen molar-refractivity contribution in [3.63, 3.8) is 0 Å². The molecule has 0 aromatic carbocycles. The van der Waals surface area contributed by atoms with Crippen LogP contribution in [0.1, 0.15) is 400 Å². The summed E-state index contributed by atoms with van der Waals surface area (Å²) in [5.74, 6) is -2.14. The quantitative estimate of drug-likeness (QED) is 0.0169. The first-order chi connectivity index (χ1) is 47.7. The number of aliphatic hydroxyl groups is 1. The Bertz CT molecular complexity index is 1950. The Kier molecular flexibility index (Phi) is 71.0. The first kappa shape index (κ1) is 95.5. The Morgan fingerprint density at radius 1 is 0.286 bits per heavy atom. The summed E-state index contributed by atoms with van der Waals surface area (Å²) in [6.45, 7) is 4.94. The number of ether oxygens (including phenoxy) is 4. The minimum absolute atomic E-state index is 0.0857. The second-order valence-corrected chi connectivity index (χ2v) is 30.7. The van der Waals surface area contributed by atoms with Crippen molar-refractivity contribution in [1.82, 2.24) is 0 Å². The van der Waals surface area contributed by atoms with Crippen LogP contribution in [0.25, 0.3) is 0 Å². The molecule has 98 heavy (non-hydrogen) atoms. The molecule has 0 amide bonds. The summed E-state index contributed by atoms with van der Waals surface area (Å²) in [5.41, 5.74) is 0. The molecule has 0 spiro atoms. The Labute approximate surface area is 599 Å². The fourth-order valence-electron chi connectivity index (χ4n) is 11.7. The second kappa shape index (κ2) is 72.9. The zero-order valence-corrected chi connectivity index (χ0v) is 65.0. The first-order valence-electron chi connectivity index (χ1n) is 40.6. The van der Waals surface area contributed by atoms with E-state index in [1.165, 1.54) is 218 Å². The normalized spacial score (nSPS) is 14.0. The third kappa shape index (κ3) is 71.9. The number of aliphatic hydroxyl groups excluding tert-OH is 1. The number of phosphoric ester groups is 2. The highest BCUT2D eigenvalue weighted by Gasteiger charge is 2.30. The Balaban J connectivity index is 5.27. The Morgan fingerprint density at radius 2 is 0.490 bits per heavy atom. The van der Waals surface area contributed by atoms with Crippen molar-refractivity contribution in [2.75, 3.05) is 39.6 Å². The van der Waals surface area contributed by atoms with E-state index in [4.69, 9.17) is 37.0 Å². The van der Waals surface area contributed by atoms with Crippen LogP contribution in [0.15, 0.2) is 24.3 Å². The average molecular weight is 1430 g/mol. The number of rotatable bonds is 78. The summed E-state index contributed by atoms with van der Waals surface area (Å²) in [5, 5.41) is 10.6. The highest BCUT2D eigenvalue weighted by Crippen LogP contribution is 2.45. The number of allylic oxidation sites excluding steroid dienone is 4. The van der Waals surface area contributed by atoms with Crippen LogP contribution in [0.4, 0.5) is 0 Å². The minimum atomic E-state index is -4.96. The van der Waals surface area contributed by atoms with E-state index in [-0.39, 0.29) is 25.7 Å². The zero-order chi connectivity index (χ0) is 71.8. The van der Waals surface area contributed by atoms with Crippen LogP contribution in [0.2, 0.25) is 0 Å². The van der Waals surface area contributed by atoms with Gasteiger partial charge in [0.05, 0.1) is 26.4 Å². The topological polar surface area (TPSA) is 237 Å². The molecule has 3 N–H and O–H groups in total. The number of carbonyl (C=O) groups excluding carboxylic acids is 4. The molecule has 0 radical (unpaired) electrons. The van der Waals surface area contributed by atoms with Gasteiger partial charge in [0.2, 0.25) is 0 Å². The molecular weight excluding hydrogens is 1280 g/mol. The minimum Gasteiger partial charge on any atom is -0.462 e. The third-order valence-electron chi connectivity index (χ3n) is 18.0. The van der Waals surface area contributed by atoms with Gasteiger partial charge in [0, 0.05) is 25.7 Å². The van der Waals surface area contributed by atoms with E-state index in [2.05, 4.69) is 52.0 Å². The molecule has 0 aromatic heterocycles. The first-order valence-corrected chi connectivity index (χ1v) is 43.6. The summed E-state index contributed by atoms with van der Waals surface area (Å²) >= 11 is 0. The highest BCUT2D eigenvalue weighted by atomic mass is 31.2. The fourth-order valence-corrected chi connectivity index (χ4v) is 13.3. The van der Waals surface area contributed by atoms with Crippen LogP contribution < -0.4 is 0 Å². The molecule has 17 nitrogen and oxygen atoms in total. The number of unbranched alkanes of at least 4 members (excludes halogenated alkanes) is 49. The molecule has 19 heteroatoms. The van der Waals surface area contributed by atoms with E-state index in [9.17, 15) is 43.2 Å². The number of hydrogen-bond acceptors (Lipinski definition) is 15. The molecule has 0 fully saturated rings. The van der Waals surface area contributed by atoms with Gasteiger partial charge in [-0.25, -0.2) is 9.13 Å². The smallest absolute Gasteiger partial charge is 0.462 e. The maximum atomic E-state index is 13.1. The molecule has 0 aromatic rings. The average Bonchev–Trinajstić information content (AvgIpc) is 1.13. The van der Waals surface area contributed by atoms with Gasteiger partial charge >= 0.3 is 39.5 Å². The van der Waals surface area contributed by atoms with Crippen molar-refractivity contribution >= 4 is 39.5 Å². The SMILES string of the molecule is CCCCCC/C=C\C=C/CCCCCCCC(=O)O[C@H](COC(=O)CCCCCCCCCCCC)COP(=O)(O)OC[C@H](O)COP(=O)(O)OC[C@@H](COC(=O)CCCCCCCCCCCCCCCCCC)OC(=O)CCCCCCCCCCCCCCCCCCC. The van der Waals surface area contributed by atoms with Crippen molar-refractivity contribution < 1.29 is 80.2 Å². The highest BCUT2D eigenvalue weighted by molar-refractivity contribution is 7.47. The second-order valence-electron chi connectivity index (χ2n) is 27.8. The van der Waals surface area contributed by atoms with E-state index < -0.39 is 97.5 Å². The zero-order valence-electron chi connectivity index (χ0n) is 63.2. The lowest BCUT2D eigenvalue weighted by molar-refractivity contribution is -0.161. The van der Waals surface area contributed by atoms with Crippen molar-refractivity contribution in [2.45, 2.75) is 418 Å². The van der Waals surface area contributed by atoms with Crippen LogP contribution in [-0.4, -0.2) is 96.7 Å². The lowest BCUT2D eigenvalue weighted by Gasteiger charge is -2.21. The van der Waals surface area contributed by atoms with Crippen molar-refractivity contribution in [3.8, 4) is 0 Å². The van der Waals surface area contributed by atoms with Gasteiger partial charge in [0.1, 0.15) is 19.3 Å². The molecule has 0 saturated heterocycles.